The number of nitrogens with zero attached hydrogens (tertiary/aromatic N) is 5. The number of nitrogens with one attached hydrogen (secondary N) is 1. The summed E-state index contributed by atoms with van der Waals surface area (Å²) < 4.78 is 50.5. The number of piperazine rings is 1. The van der Waals surface area contributed by atoms with E-state index in [1.807, 2.05) is 0 Å². The molecule has 0 unspecified atom stereocenters. The predicted octanol–water partition coefficient (Wildman–Crippen LogP) is 6.12. The van der Waals surface area contributed by atoms with Gasteiger partial charge in [0, 0.05) is 42.7 Å². The first kappa shape index (κ1) is 27.6. The molecule has 2 amide bonds. The molecule has 2 aromatic carbocycles. The Bertz CT molecular complexity index is 1670. The molecule has 1 fully saturated rings. The normalized spacial score (nSPS) is 14.2. The molecule has 40 heavy (non-hydrogen) atoms. The number of carbonyl (C=O) groups is 2. The average molecular weight is 595 g/mol. The number of aromatic nitrogens is 3. The van der Waals surface area contributed by atoms with E-state index in [0.29, 0.717) is 30.2 Å². The van der Waals surface area contributed by atoms with Crippen LogP contribution in [0.2, 0.25) is 5.02 Å². The summed E-state index contributed by atoms with van der Waals surface area (Å²) in [6.45, 7) is 6.07. The number of carbonyl (C=O) groups excluding carboxylic acids is 1. The van der Waals surface area contributed by atoms with E-state index in [1.165, 1.54) is 11.0 Å². The molecule has 5 rings (SSSR count). The zero-order valence-electron chi connectivity index (χ0n) is 21.4. The minimum Gasteiger partial charge on any atom is -0.465 e. The summed E-state index contributed by atoms with van der Waals surface area (Å²) in [4.78, 5) is 39.1. The molecule has 1 aliphatic heterocycles. The monoisotopic (exact) mass is 594 g/mol. The van der Waals surface area contributed by atoms with Gasteiger partial charge in [0.2, 0.25) is 0 Å². The maximum atomic E-state index is 16.1. The van der Waals surface area contributed by atoms with Gasteiger partial charge in [-0.3, -0.25) is 5.32 Å². The Labute approximate surface area is 234 Å². The number of hydrogen-bond acceptors (Lipinski definition) is 8. The van der Waals surface area contributed by atoms with Crippen LogP contribution in [0.4, 0.5) is 33.7 Å². The first-order chi connectivity index (χ1) is 18.8. The highest BCUT2D eigenvalue weighted by atomic mass is 35.5. The number of amides is 2. The molecule has 0 atom stereocenters. The number of halogens is 4. The number of fused-ring (bicyclic) bond motifs is 2. The average Bonchev–Trinajstić information content (AvgIpc) is 3.29. The maximum absolute atomic E-state index is 16.1. The van der Waals surface area contributed by atoms with E-state index in [0.717, 1.165) is 12.4 Å². The van der Waals surface area contributed by atoms with Crippen LogP contribution in [0.1, 0.15) is 20.8 Å². The number of thiazole rings is 1. The van der Waals surface area contributed by atoms with Gasteiger partial charge in [-0.2, -0.15) is 0 Å². The Kier molecular flexibility index (Phi) is 7.08. The third kappa shape index (κ3) is 5.16. The van der Waals surface area contributed by atoms with E-state index in [2.05, 4.69) is 20.3 Å². The minimum absolute atomic E-state index is 0.0857. The number of carboxylic acid groups (broad SMARTS) is 1. The molecule has 1 saturated heterocycles. The van der Waals surface area contributed by atoms with Gasteiger partial charge in [0.1, 0.15) is 23.3 Å². The van der Waals surface area contributed by atoms with E-state index >= 15 is 4.39 Å². The fraction of sp³-hybridized carbons (Fsp3) is 0.320. The lowest BCUT2D eigenvalue weighted by atomic mass is 10.0. The molecule has 210 valence electrons. The largest absolute Gasteiger partial charge is 0.465 e. The summed E-state index contributed by atoms with van der Waals surface area (Å²) in [7, 11) is 0. The van der Waals surface area contributed by atoms with E-state index < -0.39 is 35.2 Å². The number of benzene rings is 2. The number of anilines is 2. The SMILES string of the molecule is CC(C)(C)OC(=O)Nc1nc2c(-c3c(Cl)cc4c(N5CCN(C(=O)O)CC5)ncnc4c3F)cc(F)c(F)c2s1. The highest BCUT2D eigenvalue weighted by Gasteiger charge is 2.28. The zero-order chi connectivity index (χ0) is 28.9. The second-order valence-corrected chi connectivity index (χ2v) is 11.3. The zero-order valence-corrected chi connectivity index (χ0v) is 23.0. The van der Waals surface area contributed by atoms with Gasteiger partial charge in [-0.25, -0.2) is 37.7 Å². The van der Waals surface area contributed by atoms with Gasteiger partial charge in [0.15, 0.2) is 22.6 Å². The van der Waals surface area contributed by atoms with Crippen molar-refractivity contribution in [1.82, 2.24) is 19.9 Å². The smallest absolute Gasteiger partial charge is 0.413 e. The van der Waals surface area contributed by atoms with Gasteiger partial charge >= 0.3 is 12.2 Å². The Morgan fingerprint density at radius 2 is 1.77 bits per heavy atom. The first-order valence-corrected chi connectivity index (χ1v) is 13.2. The molecule has 2 N–H and O–H groups in total. The number of rotatable bonds is 3. The molecular formula is C25H22ClF3N6O4S. The second-order valence-electron chi connectivity index (χ2n) is 9.94. The highest BCUT2D eigenvalue weighted by molar-refractivity contribution is 7.22. The highest BCUT2D eigenvalue weighted by Crippen LogP contribution is 2.43. The molecule has 0 bridgehead atoms. The summed E-state index contributed by atoms with van der Waals surface area (Å²) >= 11 is 7.20. The van der Waals surface area contributed by atoms with Gasteiger partial charge in [-0.15, -0.1) is 0 Å². The van der Waals surface area contributed by atoms with Crippen LogP contribution in [0.3, 0.4) is 0 Å². The van der Waals surface area contributed by atoms with Crippen molar-refractivity contribution in [2.45, 2.75) is 26.4 Å². The van der Waals surface area contributed by atoms with Crippen LogP contribution < -0.4 is 10.2 Å². The standard InChI is InChI=1S/C25H22ClF3N6O4S/c1-25(2,3)39-23(36)33-22-32-19-11(9-14(27)16(28)20(19)40-22)15-13(26)8-12-18(17(15)29)30-10-31-21(12)34-4-6-35(7-5-34)24(37)38/h8-10H,4-7H2,1-3H3,(H,37,38)(H,32,33,36). The molecule has 3 heterocycles. The summed E-state index contributed by atoms with van der Waals surface area (Å²) in [6.07, 6.45) is -0.721. The lowest BCUT2D eigenvalue weighted by Crippen LogP contribution is -2.48. The van der Waals surface area contributed by atoms with Gasteiger partial charge in [-0.05, 0) is 32.9 Å². The van der Waals surface area contributed by atoms with Gasteiger partial charge in [-0.1, -0.05) is 22.9 Å². The maximum Gasteiger partial charge on any atom is 0.413 e. The molecule has 4 aromatic rings. The molecule has 1 aliphatic rings. The van der Waals surface area contributed by atoms with Crippen molar-refractivity contribution in [3.8, 4) is 11.1 Å². The van der Waals surface area contributed by atoms with Crippen LogP contribution in [0.25, 0.3) is 32.2 Å². The number of hydrogen-bond donors (Lipinski definition) is 2. The minimum atomic E-state index is -1.26. The summed E-state index contributed by atoms with van der Waals surface area (Å²) in [5, 5.41) is 11.7. The lowest BCUT2D eigenvalue weighted by Gasteiger charge is -2.34. The Balaban J connectivity index is 1.59. The van der Waals surface area contributed by atoms with E-state index in [4.69, 9.17) is 16.3 Å². The van der Waals surface area contributed by atoms with E-state index in [-0.39, 0.29) is 55.5 Å². The van der Waals surface area contributed by atoms with Crippen LogP contribution in [0.5, 0.6) is 0 Å². The molecule has 2 aromatic heterocycles. The van der Waals surface area contributed by atoms with Gasteiger partial charge < -0.3 is 19.6 Å². The molecular weight excluding hydrogens is 573 g/mol. The number of ether oxygens (including phenoxy) is 1. The first-order valence-electron chi connectivity index (χ1n) is 12.0. The molecule has 15 heteroatoms. The lowest BCUT2D eigenvalue weighted by molar-refractivity contribution is 0.0636. The second kappa shape index (κ2) is 10.2. The van der Waals surface area contributed by atoms with E-state index in [1.54, 1.807) is 25.7 Å². The van der Waals surface area contributed by atoms with Crippen molar-refractivity contribution < 1.29 is 32.6 Å². The predicted molar refractivity (Wildman–Crippen MR) is 145 cm³/mol. The summed E-state index contributed by atoms with van der Waals surface area (Å²) in [6, 6.07) is 2.21. The Morgan fingerprint density at radius 3 is 2.42 bits per heavy atom. The topological polar surface area (TPSA) is 121 Å². The van der Waals surface area contributed by atoms with Crippen LogP contribution in [-0.4, -0.2) is 68.9 Å². The van der Waals surface area contributed by atoms with Crippen LogP contribution in [0.15, 0.2) is 18.5 Å². The fourth-order valence-electron chi connectivity index (χ4n) is 4.38. The van der Waals surface area contributed by atoms with Crippen molar-refractivity contribution in [1.29, 1.82) is 0 Å². The van der Waals surface area contributed by atoms with Crippen molar-refractivity contribution in [2.24, 2.45) is 0 Å². The van der Waals surface area contributed by atoms with Crippen molar-refractivity contribution in [3.63, 3.8) is 0 Å². The van der Waals surface area contributed by atoms with Crippen LogP contribution >= 0.6 is 22.9 Å². The van der Waals surface area contributed by atoms with Crippen molar-refractivity contribution in [3.05, 3.63) is 40.9 Å². The Hall–Kier alpha value is -3.91. The van der Waals surface area contributed by atoms with Gasteiger partial charge in [0.25, 0.3) is 0 Å². The van der Waals surface area contributed by atoms with Crippen molar-refractivity contribution >= 4 is 67.2 Å². The third-order valence-electron chi connectivity index (χ3n) is 6.09. The fourth-order valence-corrected chi connectivity index (χ4v) is 5.58. The summed E-state index contributed by atoms with van der Waals surface area (Å²) in [5.41, 5.74) is -1.44. The van der Waals surface area contributed by atoms with Crippen LogP contribution in [-0.2, 0) is 4.74 Å². The van der Waals surface area contributed by atoms with Crippen molar-refractivity contribution in [2.75, 3.05) is 36.4 Å². The summed E-state index contributed by atoms with van der Waals surface area (Å²) in [5.74, 6) is -3.02. The molecule has 10 nitrogen and oxygen atoms in total. The Morgan fingerprint density at radius 1 is 1.07 bits per heavy atom. The third-order valence-corrected chi connectivity index (χ3v) is 7.35. The quantitative estimate of drug-likeness (QED) is 0.291. The van der Waals surface area contributed by atoms with Gasteiger partial charge in [0.05, 0.1) is 15.2 Å². The van der Waals surface area contributed by atoms with Crippen LogP contribution in [0, 0.1) is 17.5 Å². The molecule has 0 saturated carbocycles. The molecule has 0 aliphatic carbocycles. The molecule has 0 spiro atoms. The molecule has 0 radical (unpaired) electrons. The van der Waals surface area contributed by atoms with E-state index in [9.17, 15) is 23.5 Å².